The third-order valence-electron chi connectivity index (χ3n) is 5.08. The number of carbonyl (C=O) groups is 2. The Morgan fingerprint density at radius 3 is 2.77 bits per heavy atom. The zero-order chi connectivity index (χ0) is 21.1. The molecule has 1 aliphatic rings. The molecule has 0 aliphatic carbocycles. The molecule has 1 aliphatic heterocycles. The fourth-order valence-electron chi connectivity index (χ4n) is 3.61. The Labute approximate surface area is 178 Å². The van der Waals surface area contributed by atoms with Gasteiger partial charge in [0.2, 0.25) is 17.6 Å². The number of esters is 1. The average Bonchev–Trinajstić information content (AvgIpc) is 3.25. The number of carbonyl (C=O) groups excluding carboxylic acids is 2. The normalized spacial score (nSPS) is 13.1. The molecule has 30 heavy (non-hydrogen) atoms. The second kappa shape index (κ2) is 8.67. The monoisotopic (exact) mass is 425 g/mol. The predicted molar refractivity (Wildman–Crippen MR) is 112 cm³/mol. The van der Waals surface area contributed by atoms with Crippen LogP contribution in [0.2, 0.25) is 5.02 Å². The smallest absolute Gasteiger partial charge is 0.338 e. The molecule has 3 aromatic rings. The maximum Gasteiger partial charge on any atom is 0.338 e. The van der Waals surface area contributed by atoms with Crippen LogP contribution in [0.15, 0.2) is 47.0 Å². The molecular formula is C22H20ClN3O4. The van der Waals surface area contributed by atoms with Crippen LogP contribution in [0.4, 0.5) is 5.69 Å². The second-order valence-corrected chi connectivity index (χ2v) is 7.40. The number of hydrogen-bond acceptors (Lipinski definition) is 6. The van der Waals surface area contributed by atoms with Crippen molar-refractivity contribution in [3.63, 3.8) is 0 Å². The van der Waals surface area contributed by atoms with Crippen LogP contribution in [0, 0.1) is 0 Å². The van der Waals surface area contributed by atoms with E-state index in [0.29, 0.717) is 35.3 Å². The zero-order valence-corrected chi connectivity index (χ0v) is 17.2. The Morgan fingerprint density at radius 1 is 1.20 bits per heavy atom. The van der Waals surface area contributed by atoms with Gasteiger partial charge in [-0.05, 0) is 54.8 Å². The molecule has 1 aromatic heterocycles. The van der Waals surface area contributed by atoms with Gasteiger partial charge < -0.3 is 14.2 Å². The van der Waals surface area contributed by atoms with Crippen molar-refractivity contribution >= 4 is 29.2 Å². The van der Waals surface area contributed by atoms with Gasteiger partial charge in [-0.2, -0.15) is 4.98 Å². The molecule has 0 radical (unpaired) electrons. The van der Waals surface area contributed by atoms with Gasteiger partial charge in [0.15, 0.2) is 0 Å². The number of fused-ring (bicyclic) bond motifs is 1. The van der Waals surface area contributed by atoms with Crippen LogP contribution >= 0.6 is 11.6 Å². The first-order valence-electron chi connectivity index (χ1n) is 9.66. The first-order chi connectivity index (χ1) is 14.6. The average molecular weight is 426 g/mol. The molecule has 4 rings (SSSR count). The Hall–Kier alpha value is -3.19. The SMILES string of the molecule is COC(=O)c1cccc2c1CCCN2C(=O)CCc1nc(-c2ccc(Cl)cc2)no1. The predicted octanol–water partition coefficient (Wildman–Crippen LogP) is 4.09. The number of methoxy groups -OCH3 is 1. The van der Waals surface area contributed by atoms with E-state index >= 15 is 0 Å². The van der Waals surface area contributed by atoms with Crippen molar-refractivity contribution in [2.75, 3.05) is 18.6 Å². The number of anilines is 1. The number of rotatable bonds is 5. The minimum atomic E-state index is -0.387. The molecule has 0 unspecified atom stereocenters. The molecule has 0 saturated heterocycles. The largest absolute Gasteiger partial charge is 0.465 e. The van der Waals surface area contributed by atoms with E-state index in [-0.39, 0.29) is 18.3 Å². The van der Waals surface area contributed by atoms with E-state index in [1.807, 2.05) is 18.2 Å². The molecule has 0 spiro atoms. The van der Waals surface area contributed by atoms with Crippen molar-refractivity contribution in [3.05, 3.63) is 64.5 Å². The first kappa shape index (κ1) is 20.1. The molecule has 2 heterocycles. The minimum absolute atomic E-state index is 0.0517. The third-order valence-corrected chi connectivity index (χ3v) is 5.33. The fraction of sp³-hybridized carbons (Fsp3) is 0.273. The van der Waals surface area contributed by atoms with Gasteiger partial charge in [0.05, 0.1) is 12.7 Å². The van der Waals surface area contributed by atoms with Crippen LogP contribution in [0.3, 0.4) is 0 Å². The summed E-state index contributed by atoms with van der Waals surface area (Å²) < 4.78 is 10.2. The van der Waals surface area contributed by atoms with Crippen molar-refractivity contribution in [2.24, 2.45) is 0 Å². The van der Waals surface area contributed by atoms with Gasteiger partial charge in [0.1, 0.15) is 0 Å². The summed E-state index contributed by atoms with van der Waals surface area (Å²) in [5.41, 5.74) is 2.92. The molecular weight excluding hydrogens is 406 g/mol. The second-order valence-electron chi connectivity index (χ2n) is 6.96. The van der Waals surface area contributed by atoms with E-state index in [1.54, 1.807) is 29.2 Å². The molecule has 0 saturated carbocycles. The summed E-state index contributed by atoms with van der Waals surface area (Å²) in [6.07, 6.45) is 2.08. The van der Waals surface area contributed by atoms with Gasteiger partial charge in [-0.3, -0.25) is 4.79 Å². The van der Waals surface area contributed by atoms with Crippen LogP contribution in [0.25, 0.3) is 11.4 Å². The quantitative estimate of drug-likeness (QED) is 0.572. The van der Waals surface area contributed by atoms with Crippen LogP contribution in [0.5, 0.6) is 0 Å². The molecule has 154 valence electrons. The highest BCUT2D eigenvalue weighted by molar-refractivity contribution is 6.30. The maximum atomic E-state index is 12.9. The van der Waals surface area contributed by atoms with Gasteiger partial charge in [-0.1, -0.05) is 22.8 Å². The number of aryl methyl sites for hydroxylation is 1. The summed E-state index contributed by atoms with van der Waals surface area (Å²) in [5.74, 6) is 0.417. The topological polar surface area (TPSA) is 85.5 Å². The number of amides is 1. The number of aromatic nitrogens is 2. The van der Waals surface area contributed by atoms with E-state index < -0.39 is 0 Å². The first-order valence-corrected chi connectivity index (χ1v) is 10.0. The molecule has 1 amide bonds. The Bertz CT molecular complexity index is 1080. The highest BCUT2D eigenvalue weighted by Crippen LogP contribution is 2.31. The summed E-state index contributed by atoms with van der Waals surface area (Å²) in [5, 5.41) is 4.61. The van der Waals surface area contributed by atoms with Crippen LogP contribution in [0.1, 0.15) is 34.7 Å². The molecule has 2 aromatic carbocycles. The third kappa shape index (κ3) is 4.07. The number of hydrogen-bond donors (Lipinski definition) is 0. The van der Waals surface area contributed by atoms with Crippen molar-refractivity contribution in [3.8, 4) is 11.4 Å². The molecule has 8 heteroatoms. The van der Waals surface area contributed by atoms with Crippen molar-refractivity contribution in [2.45, 2.75) is 25.7 Å². The summed E-state index contributed by atoms with van der Waals surface area (Å²) in [6, 6.07) is 12.5. The lowest BCUT2D eigenvalue weighted by Gasteiger charge is -2.30. The number of ether oxygens (including phenoxy) is 1. The van der Waals surface area contributed by atoms with E-state index in [0.717, 1.165) is 29.7 Å². The van der Waals surface area contributed by atoms with Gasteiger partial charge >= 0.3 is 5.97 Å². The van der Waals surface area contributed by atoms with Crippen LogP contribution < -0.4 is 4.90 Å². The Morgan fingerprint density at radius 2 is 2.00 bits per heavy atom. The maximum absolute atomic E-state index is 12.9. The lowest BCUT2D eigenvalue weighted by molar-refractivity contribution is -0.118. The van der Waals surface area contributed by atoms with Gasteiger partial charge in [0.25, 0.3) is 0 Å². The molecule has 7 nitrogen and oxygen atoms in total. The minimum Gasteiger partial charge on any atom is -0.465 e. The number of nitrogens with zero attached hydrogens (tertiary/aromatic N) is 3. The molecule has 0 bridgehead atoms. The van der Waals surface area contributed by atoms with Crippen LogP contribution in [-0.2, 0) is 22.4 Å². The number of halogens is 1. The van der Waals surface area contributed by atoms with Gasteiger partial charge in [0, 0.05) is 35.7 Å². The molecule has 0 fully saturated rings. The van der Waals surface area contributed by atoms with E-state index in [4.69, 9.17) is 20.9 Å². The van der Waals surface area contributed by atoms with E-state index in [9.17, 15) is 9.59 Å². The summed E-state index contributed by atoms with van der Waals surface area (Å²) in [7, 11) is 1.36. The van der Waals surface area contributed by atoms with Crippen molar-refractivity contribution in [1.29, 1.82) is 0 Å². The Balaban J connectivity index is 1.46. The Kier molecular flexibility index (Phi) is 5.81. The van der Waals surface area contributed by atoms with Gasteiger partial charge in [-0.25, -0.2) is 4.79 Å². The standard InChI is InChI=1S/C22H20ClN3O4/c1-29-22(28)17-4-2-6-18-16(17)5-3-13-26(18)20(27)12-11-19-24-21(25-30-19)14-7-9-15(23)10-8-14/h2,4,6-10H,3,5,11-13H2,1H3. The van der Waals surface area contributed by atoms with E-state index in [2.05, 4.69) is 10.1 Å². The number of benzene rings is 2. The highest BCUT2D eigenvalue weighted by Gasteiger charge is 2.26. The highest BCUT2D eigenvalue weighted by atomic mass is 35.5. The van der Waals surface area contributed by atoms with Crippen molar-refractivity contribution in [1.82, 2.24) is 10.1 Å². The lowest BCUT2D eigenvalue weighted by atomic mass is 9.96. The molecule has 0 N–H and O–H groups in total. The molecule has 0 atom stereocenters. The fourth-order valence-corrected chi connectivity index (χ4v) is 3.73. The van der Waals surface area contributed by atoms with E-state index in [1.165, 1.54) is 7.11 Å². The summed E-state index contributed by atoms with van der Waals surface area (Å²) >= 11 is 5.90. The zero-order valence-electron chi connectivity index (χ0n) is 16.4. The summed E-state index contributed by atoms with van der Waals surface area (Å²) in [4.78, 5) is 31.0. The van der Waals surface area contributed by atoms with Crippen LogP contribution in [-0.4, -0.2) is 35.7 Å². The lowest BCUT2D eigenvalue weighted by Crippen LogP contribution is -2.36. The van der Waals surface area contributed by atoms with Crippen molar-refractivity contribution < 1.29 is 18.8 Å². The van der Waals surface area contributed by atoms with Gasteiger partial charge in [-0.15, -0.1) is 0 Å². The summed E-state index contributed by atoms with van der Waals surface area (Å²) in [6.45, 7) is 0.607.